The van der Waals surface area contributed by atoms with Gasteiger partial charge >= 0.3 is 0 Å². The van der Waals surface area contributed by atoms with Crippen molar-refractivity contribution in [1.82, 2.24) is 10.3 Å². The van der Waals surface area contributed by atoms with Crippen LogP contribution in [0.2, 0.25) is 0 Å². The third-order valence-electron chi connectivity index (χ3n) is 2.72. The number of amides is 1. The quantitative estimate of drug-likeness (QED) is 0.816. The minimum Gasteiger partial charge on any atom is -0.317 e. The van der Waals surface area contributed by atoms with E-state index in [1.807, 2.05) is 0 Å². The van der Waals surface area contributed by atoms with Crippen molar-refractivity contribution in [3.8, 4) is 0 Å². The molecule has 0 bridgehead atoms. The molecule has 0 spiro atoms. The van der Waals surface area contributed by atoms with E-state index in [-0.39, 0.29) is 11.7 Å². The van der Waals surface area contributed by atoms with Crippen LogP contribution in [-0.4, -0.2) is 35.0 Å². The molecule has 6 heteroatoms. The molecule has 4 nitrogen and oxygen atoms in total. The van der Waals surface area contributed by atoms with Gasteiger partial charge in [-0.15, -0.1) is 11.8 Å². The van der Waals surface area contributed by atoms with Gasteiger partial charge < -0.3 is 10.6 Å². The van der Waals surface area contributed by atoms with Crippen LogP contribution >= 0.6 is 11.8 Å². The summed E-state index contributed by atoms with van der Waals surface area (Å²) in [5.41, 5.74) is 0. The molecule has 0 unspecified atom stereocenters. The fourth-order valence-electron chi connectivity index (χ4n) is 1.81. The van der Waals surface area contributed by atoms with Gasteiger partial charge in [-0.3, -0.25) is 4.79 Å². The minimum atomic E-state index is -0.584. The number of anilines is 1. The van der Waals surface area contributed by atoms with Gasteiger partial charge in [0.05, 0.1) is 5.75 Å². The van der Waals surface area contributed by atoms with E-state index in [0.717, 1.165) is 25.9 Å². The summed E-state index contributed by atoms with van der Waals surface area (Å²) in [6.45, 7) is 2.04. The molecule has 1 aromatic heterocycles. The lowest BCUT2D eigenvalue weighted by Crippen LogP contribution is -2.30. The molecule has 0 radical (unpaired) electrons. The number of pyridine rings is 1. The highest BCUT2D eigenvalue weighted by atomic mass is 32.2. The molecule has 1 aliphatic rings. The van der Waals surface area contributed by atoms with Gasteiger partial charge in [-0.05, 0) is 38.1 Å². The zero-order valence-electron chi connectivity index (χ0n) is 9.99. The summed E-state index contributed by atoms with van der Waals surface area (Å²) in [5, 5.41) is 6.42. The lowest BCUT2D eigenvalue weighted by atomic mass is 10.2. The molecule has 0 atom stereocenters. The van der Waals surface area contributed by atoms with Gasteiger partial charge in [-0.1, -0.05) is 6.07 Å². The summed E-state index contributed by atoms with van der Waals surface area (Å²) >= 11 is 1.66. The van der Waals surface area contributed by atoms with Crippen molar-refractivity contribution in [2.24, 2.45) is 0 Å². The first-order chi connectivity index (χ1) is 8.74. The summed E-state index contributed by atoms with van der Waals surface area (Å²) < 4.78 is 12.8. The Morgan fingerprint density at radius 1 is 1.50 bits per heavy atom. The number of hydrogen-bond donors (Lipinski definition) is 2. The van der Waals surface area contributed by atoms with Gasteiger partial charge in [0.1, 0.15) is 5.82 Å². The van der Waals surface area contributed by atoms with Crippen molar-refractivity contribution < 1.29 is 9.18 Å². The molecule has 2 N–H and O–H groups in total. The second-order valence-electron chi connectivity index (χ2n) is 4.15. The number of aromatic nitrogens is 1. The predicted octanol–water partition coefficient (Wildman–Crippen LogP) is 1.64. The van der Waals surface area contributed by atoms with Crippen LogP contribution in [0.25, 0.3) is 0 Å². The number of thioether (sulfide) groups is 1. The molecule has 0 aromatic carbocycles. The maximum atomic E-state index is 12.8. The Morgan fingerprint density at radius 3 is 3.00 bits per heavy atom. The van der Waals surface area contributed by atoms with Crippen molar-refractivity contribution >= 4 is 23.5 Å². The van der Waals surface area contributed by atoms with E-state index in [1.54, 1.807) is 17.8 Å². The Balaban J connectivity index is 1.74. The monoisotopic (exact) mass is 269 g/mol. The van der Waals surface area contributed by atoms with E-state index >= 15 is 0 Å². The smallest absolute Gasteiger partial charge is 0.235 e. The highest BCUT2D eigenvalue weighted by molar-refractivity contribution is 8.00. The molecule has 98 valence electrons. The molecule has 2 heterocycles. The van der Waals surface area contributed by atoms with Gasteiger partial charge in [0.2, 0.25) is 11.9 Å². The Hall–Kier alpha value is -1.14. The Kier molecular flexibility index (Phi) is 4.95. The number of carbonyl (C=O) groups excluding carboxylic acids is 1. The van der Waals surface area contributed by atoms with Gasteiger partial charge in [-0.25, -0.2) is 4.98 Å². The van der Waals surface area contributed by atoms with Crippen LogP contribution in [0, 0.1) is 5.95 Å². The summed E-state index contributed by atoms with van der Waals surface area (Å²) in [5.74, 6) is -0.0515. The third kappa shape index (κ3) is 4.27. The Bertz CT molecular complexity index is 410. The Labute approximate surface area is 110 Å². The average molecular weight is 269 g/mol. The third-order valence-corrected chi connectivity index (χ3v) is 4.09. The van der Waals surface area contributed by atoms with E-state index in [2.05, 4.69) is 15.6 Å². The number of rotatable bonds is 4. The van der Waals surface area contributed by atoms with E-state index in [4.69, 9.17) is 0 Å². The molecular weight excluding hydrogens is 253 g/mol. The van der Waals surface area contributed by atoms with Crippen molar-refractivity contribution in [3.63, 3.8) is 0 Å². The van der Waals surface area contributed by atoms with Crippen molar-refractivity contribution in [2.75, 3.05) is 24.2 Å². The zero-order valence-corrected chi connectivity index (χ0v) is 10.8. The second kappa shape index (κ2) is 6.70. The zero-order chi connectivity index (χ0) is 12.8. The molecule has 18 heavy (non-hydrogen) atoms. The summed E-state index contributed by atoms with van der Waals surface area (Å²) in [4.78, 5) is 15.2. The normalized spacial score (nSPS) is 16.5. The number of carbonyl (C=O) groups is 1. The summed E-state index contributed by atoms with van der Waals surface area (Å²) in [7, 11) is 0. The number of nitrogens with one attached hydrogen (secondary N) is 2. The maximum Gasteiger partial charge on any atom is 0.235 e. The number of hydrogen-bond acceptors (Lipinski definition) is 4. The lowest BCUT2D eigenvalue weighted by molar-refractivity contribution is -0.113. The standard InChI is InChI=1S/C12H16FN3OS/c13-10-2-1-3-11(15-10)16-12(17)8-18-9-4-6-14-7-5-9/h1-3,9,14H,4-8H2,(H,15,16,17). The van der Waals surface area contributed by atoms with Crippen LogP contribution in [0.3, 0.4) is 0 Å². The van der Waals surface area contributed by atoms with Crippen molar-refractivity contribution in [1.29, 1.82) is 0 Å². The largest absolute Gasteiger partial charge is 0.317 e. The van der Waals surface area contributed by atoms with Crippen LogP contribution in [0.4, 0.5) is 10.2 Å². The van der Waals surface area contributed by atoms with E-state index in [0.29, 0.717) is 11.0 Å². The minimum absolute atomic E-state index is 0.128. The molecular formula is C12H16FN3OS. The highest BCUT2D eigenvalue weighted by Crippen LogP contribution is 2.20. The SMILES string of the molecule is O=C(CSC1CCNCC1)Nc1cccc(F)n1. The summed E-state index contributed by atoms with van der Waals surface area (Å²) in [6.07, 6.45) is 2.19. The first kappa shape index (κ1) is 13.3. The van der Waals surface area contributed by atoms with Crippen LogP contribution in [0.5, 0.6) is 0 Å². The van der Waals surface area contributed by atoms with Gasteiger partial charge in [0.25, 0.3) is 0 Å². The van der Waals surface area contributed by atoms with Crippen LogP contribution in [0.15, 0.2) is 18.2 Å². The topological polar surface area (TPSA) is 54.0 Å². The van der Waals surface area contributed by atoms with Gasteiger partial charge in [0.15, 0.2) is 0 Å². The maximum absolute atomic E-state index is 12.8. The number of halogens is 1. The summed E-state index contributed by atoms with van der Waals surface area (Å²) in [6, 6.07) is 4.35. The molecule has 1 saturated heterocycles. The van der Waals surface area contributed by atoms with Crippen molar-refractivity contribution in [3.05, 3.63) is 24.1 Å². The van der Waals surface area contributed by atoms with Crippen LogP contribution in [0.1, 0.15) is 12.8 Å². The molecule has 1 fully saturated rings. The fourth-order valence-corrected chi connectivity index (χ4v) is 2.84. The molecule has 1 aliphatic heterocycles. The van der Waals surface area contributed by atoms with E-state index in [9.17, 15) is 9.18 Å². The average Bonchev–Trinajstić information content (AvgIpc) is 2.38. The van der Waals surface area contributed by atoms with E-state index in [1.165, 1.54) is 12.1 Å². The van der Waals surface area contributed by atoms with Crippen LogP contribution in [-0.2, 0) is 4.79 Å². The van der Waals surface area contributed by atoms with Crippen molar-refractivity contribution in [2.45, 2.75) is 18.1 Å². The fraction of sp³-hybridized carbons (Fsp3) is 0.500. The highest BCUT2D eigenvalue weighted by Gasteiger charge is 2.15. The predicted molar refractivity (Wildman–Crippen MR) is 71.2 cm³/mol. The Morgan fingerprint density at radius 2 is 2.28 bits per heavy atom. The van der Waals surface area contributed by atoms with Gasteiger partial charge in [0, 0.05) is 5.25 Å². The first-order valence-electron chi connectivity index (χ1n) is 5.99. The van der Waals surface area contributed by atoms with E-state index < -0.39 is 5.95 Å². The lowest BCUT2D eigenvalue weighted by Gasteiger charge is -2.21. The molecule has 2 rings (SSSR count). The molecule has 1 amide bonds. The number of piperidine rings is 1. The molecule has 0 saturated carbocycles. The molecule has 1 aromatic rings. The first-order valence-corrected chi connectivity index (χ1v) is 7.03. The number of nitrogens with zero attached hydrogens (tertiary/aromatic N) is 1. The molecule has 0 aliphatic carbocycles. The van der Waals surface area contributed by atoms with Gasteiger partial charge in [-0.2, -0.15) is 4.39 Å². The second-order valence-corrected chi connectivity index (χ2v) is 5.44. The van der Waals surface area contributed by atoms with Crippen LogP contribution < -0.4 is 10.6 Å².